The Morgan fingerprint density at radius 1 is 1.11 bits per heavy atom. The molecule has 1 N–H and O–H groups in total. The summed E-state index contributed by atoms with van der Waals surface area (Å²) in [5.74, 6) is 0.984. The fraction of sp³-hybridized carbons (Fsp3) is 0.429. The number of halogens is 1. The summed E-state index contributed by atoms with van der Waals surface area (Å²) in [5, 5.41) is 3.11. The van der Waals surface area contributed by atoms with Gasteiger partial charge in [0.25, 0.3) is 0 Å². The zero-order valence-corrected chi connectivity index (χ0v) is 21.8. The third kappa shape index (κ3) is 6.80. The average Bonchev–Trinajstić information content (AvgIpc) is 3.33. The molecule has 4 rings (SSSR count). The number of nitrogens with zero attached hydrogens (tertiary/aromatic N) is 4. The predicted molar refractivity (Wildman–Crippen MR) is 142 cm³/mol. The van der Waals surface area contributed by atoms with Gasteiger partial charge in [0.2, 0.25) is 0 Å². The molecule has 0 bridgehead atoms. The van der Waals surface area contributed by atoms with Crippen molar-refractivity contribution >= 4 is 11.7 Å². The van der Waals surface area contributed by atoms with E-state index in [1.165, 1.54) is 12.1 Å². The van der Waals surface area contributed by atoms with Crippen molar-refractivity contribution in [1.82, 2.24) is 19.8 Å². The fourth-order valence-electron chi connectivity index (χ4n) is 4.80. The highest BCUT2D eigenvalue weighted by Gasteiger charge is 2.30. The number of urea groups is 1. The molecule has 37 heavy (non-hydrogen) atoms. The Morgan fingerprint density at radius 3 is 2.49 bits per heavy atom. The van der Waals surface area contributed by atoms with Crippen LogP contribution in [-0.4, -0.2) is 60.4 Å². The van der Waals surface area contributed by atoms with E-state index in [0.29, 0.717) is 18.0 Å². The van der Waals surface area contributed by atoms with Crippen molar-refractivity contribution in [2.24, 2.45) is 0 Å². The summed E-state index contributed by atoms with van der Waals surface area (Å²) in [7, 11) is 3.19. The molecule has 0 radical (unpaired) electrons. The number of benzene rings is 2. The van der Waals surface area contributed by atoms with Crippen molar-refractivity contribution in [3.05, 3.63) is 72.1 Å². The Balaban J connectivity index is 1.42. The van der Waals surface area contributed by atoms with E-state index in [0.717, 1.165) is 62.4 Å². The van der Waals surface area contributed by atoms with Crippen molar-refractivity contribution in [2.75, 3.05) is 38.8 Å². The predicted octanol–water partition coefficient (Wildman–Crippen LogP) is 4.62. The summed E-state index contributed by atoms with van der Waals surface area (Å²) in [6.45, 7) is 5.84. The number of amides is 2. The lowest BCUT2D eigenvalue weighted by atomic mass is 10.0. The largest absolute Gasteiger partial charge is 0.493 e. The van der Waals surface area contributed by atoms with E-state index in [1.54, 1.807) is 14.2 Å². The van der Waals surface area contributed by atoms with Gasteiger partial charge in [-0.3, -0.25) is 9.80 Å². The number of anilines is 1. The highest BCUT2D eigenvalue weighted by molar-refractivity contribution is 5.93. The first-order valence-corrected chi connectivity index (χ1v) is 12.7. The number of carbonyl (C=O) groups is 1. The Morgan fingerprint density at radius 2 is 1.84 bits per heavy atom. The molecule has 0 saturated carbocycles. The Kier molecular flexibility index (Phi) is 9.00. The van der Waals surface area contributed by atoms with Gasteiger partial charge in [-0.2, -0.15) is 0 Å². The number of nitrogens with one attached hydrogen (secondary N) is 1. The van der Waals surface area contributed by atoms with Crippen LogP contribution in [0.2, 0.25) is 0 Å². The number of rotatable bonds is 10. The minimum absolute atomic E-state index is 0.0402. The quantitative estimate of drug-likeness (QED) is 0.404. The van der Waals surface area contributed by atoms with E-state index in [9.17, 15) is 9.18 Å². The number of piperidine rings is 1. The molecule has 2 amide bonds. The number of likely N-dealkylation sites (tertiary alicyclic amines) is 1. The molecule has 1 aromatic heterocycles. The molecule has 0 aliphatic carbocycles. The average molecular weight is 510 g/mol. The van der Waals surface area contributed by atoms with Crippen LogP contribution in [0.15, 0.2) is 55.0 Å². The fourth-order valence-corrected chi connectivity index (χ4v) is 4.80. The molecule has 0 atom stereocenters. The summed E-state index contributed by atoms with van der Waals surface area (Å²) >= 11 is 0. The molecular formula is C28H36FN5O3. The lowest BCUT2D eigenvalue weighted by Gasteiger charge is -2.38. The third-order valence-corrected chi connectivity index (χ3v) is 6.88. The number of aromatic nitrogens is 2. The van der Waals surface area contributed by atoms with E-state index >= 15 is 0 Å². The van der Waals surface area contributed by atoms with Gasteiger partial charge in [0.1, 0.15) is 5.82 Å². The van der Waals surface area contributed by atoms with Gasteiger partial charge in [0, 0.05) is 62.4 Å². The Hall–Kier alpha value is -3.59. The second-order valence-electron chi connectivity index (χ2n) is 9.36. The Bertz CT molecular complexity index is 1160. The molecule has 3 aromatic rings. The monoisotopic (exact) mass is 509 g/mol. The van der Waals surface area contributed by atoms with Gasteiger partial charge in [0.05, 0.1) is 20.5 Å². The first-order valence-electron chi connectivity index (χ1n) is 12.7. The summed E-state index contributed by atoms with van der Waals surface area (Å²) in [5.41, 5.74) is 2.96. The number of imidazole rings is 1. The highest BCUT2D eigenvalue weighted by Crippen LogP contribution is 2.34. The van der Waals surface area contributed by atoms with Crippen LogP contribution >= 0.6 is 0 Å². The molecule has 1 fully saturated rings. The summed E-state index contributed by atoms with van der Waals surface area (Å²) in [6, 6.07) is 12.2. The second kappa shape index (κ2) is 12.6. The van der Waals surface area contributed by atoms with Crippen LogP contribution in [0.1, 0.15) is 30.5 Å². The standard InChI is InChI=1S/C28H36FN5O3/c1-21-18-30-20-33(21)14-4-13-31-28(35)34(25-9-10-26(36-2)27(17-25)37-3)24-11-15-32(16-12-24)19-22-5-7-23(29)8-6-22/h5-10,17-18,20,24H,4,11-16,19H2,1-3H3,(H,31,35). The van der Waals surface area contributed by atoms with Crippen molar-refractivity contribution < 1.29 is 18.7 Å². The lowest BCUT2D eigenvalue weighted by Crippen LogP contribution is -2.51. The molecule has 2 heterocycles. The van der Waals surface area contributed by atoms with Crippen LogP contribution in [0.25, 0.3) is 0 Å². The normalized spacial score (nSPS) is 14.4. The van der Waals surface area contributed by atoms with Crippen molar-refractivity contribution in [1.29, 1.82) is 0 Å². The van der Waals surface area contributed by atoms with E-state index in [4.69, 9.17) is 9.47 Å². The number of aryl methyl sites for hydroxylation is 2. The lowest BCUT2D eigenvalue weighted by molar-refractivity contribution is 0.197. The van der Waals surface area contributed by atoms with Gasteiger partial charge in [0.15, 0.2) is 11.5 Å². The molecule has 1 aliphatic rings. The number of hydrogen-bond donors (Lipinski definition) is 1. The SMILES string of the molecule is COc1ccc(N(C(=O)NCCCn2cncc2C)C2CCN(Cc3ccc(F)cc3)CC2)cc1OC. The van der Waals surface area contributed by atoms with Crippen LogP contribution in [0, 0.1) is 12.7 Å². The molecule has 8 nitrogen and oxygen atoms in total. The third-order valence-electron chi connectivity index (χ3n) is 6.88. The molecule has 1 aliphatic heterocycles. The number of hydrogen-bond acceptors (Lipinski definition) is 5. The number of carbonyl (C=O) groups excluding carboxylic acids is 1. The Labute approximate surface area is 218 Å². The van der Waals surface area contributed by atoms with Crippen molar-refractivity contribution in [3.8, 4) is 11.5 Å². The summed E-state index contributed by atoms with van der Waals surface area (Å²) in [6.07, 6.45) is 6.11. The summed E-state index contributed by atoms with van der Waals surface area (Å²) < 4.78 is 26.3. The van der Waals surface area contributed by atoms with E-state index in [1.807, 2.05) is 54.7 Å². The topological polar surface area (TPSA) is 71.9 Å². The molecule has 0 unspecified atom stereocenters. The van der Waals surface area contributed by atoms with Gasteiger partial charge in [-0.05, 0) is 56.0 Å². The minimum Gasteiger partial charge on any atom is -0.493 e. The molecule has 9 heteroatoms. The maximum absolute atomic E-state index is 13.5. The van der Waals surface area contributed by atoms with Crippen LogP contribution in [0.3, 0.4) is 0 Å². The molecule has 2 aromatic carbocycles. The zero-order chi connectivity index (χ0) is 26.2. The number of methoxy groups -OCH3 is 2. The van der Waals surface area contributed by atoms with E-state index in [-0.39, 0.29) is 17.9 Å². The van der Waals surface area contributed by atoms with Crippen LogP contribution in [0.5, 0.6) is 11.5 Å². The first-order chi connectivity index (χ1) is 18.0. The zero-order valence-electron chi connectivity index (χ0n) is 21.8. The highest BCUT2D eigenvalue weighted by atomic mass is 19.1. The van der Waals surface area contributed by atoms with E-state index < -0.39 is 0 Å². The maximum Gasteiger partial charge on any atom is 0.322 e. The van der Waals surface area contributed by atoms with Gasteiger partial charge in [-0.25, -0.2) is 14.2 Å². The maximum atomic E-state index is 13.5. The summed E-state index contributed by atoms with van der Waals surface area (Å²) in [4.78, 5) is 21.9. The first kappa shape index (κ1) is 26.5. The van der Waals surface area contributed by atoms with Gasteiger partial charge < -0.3 is 19.4 Å². The van der Waals surface area contributed by atoms with Crippen LogP contribution < -0.4 is 19.7 Å². The van der Waals surface area contributed by atoms with Crippen LogP contribution in [0.4, 0.5) is 14.9 Å². The van der Waals surface area contributed by atoms with Crippen molar-refractivity contribution in [2.45, 2.75) is 45.3 Å². The van der Waals surface area contributed by atoms with E-state index in [2.05, 4.69) is 19.8 Å². The molecule has 198 valence electrons. The van der Waals surface area contributed by atoms with Gasteiger partial charge >= 0.3 is 6.03 Å². The smallest absolute Gasteiger partial charge is 0.322 e. The van der Waals surface area contributed by atoms with Crippen LogP contribution in [-0.2, 0) is 13.1 Å². The van der Waals surface area contributed by atoms with Crippen molar-refractivity contribution in [3.63, 3.8) is 0 Å². The van der Waals surface area contributed by atoms with Gasteiger partial charge in [-0.1, -0.05) is 12.1 Å². The molecule has 0 spiro atoms. The minimum atomic E-state index is -0.223. The molecular weight excluding hydrogens is 473 g/mol. The van der Waals surface area contributed by atoms with Gasteiger partial charge in [-0.15, -0.1) is 0 Å². The molecule has 1 saturated heterocycles. The second-order valence-corrected chi connectivity index (χ2v) is 9.36. The number of ether oxygens (including phenoxy) is 2.